The SMILES string of the molecule is O=C(NC1CCSc2c(F)cccc21)c1cc(S(=O)(=O)Nc2ccc(F)cc2)ccc1Cl. The van der Waals surface area contributed by atoms with Gasteiger partial charge >= 0.3 is 0 Å². The van der Waals surface area contributed by atoms with E-state index in [4.69, 9.17) is 11.6 Å². The molecule has 10 heteroatoms. The second-order valence-electron chi connectivity index (χ2n) is 7.08. The fourth-order valence-electron chi connectivity index (χ4n) is 3.35. The van der Waals surface area contributed by atoms with Crippen LogP contribution in [0.5, 0.6) is 0 Å². The average Bonchev–Trinajstić information content (AvgIpc) is 2.76. The van der Waals surface area contributed by atoms with E-state index >= 15 is 0 Å². The highest BCUT2D eigenvalue weighted by molar-refractivity contribution is 7.99. The summed E-state index contributed by atoms with van der Waals surface area (Å²) in [5, 5.41) is 2.91. The number of benzene rings is 3. The monoisotopic (exact) mass is 494 g/mol. The van der Waals surface area contributed by atoms with Crippen LogP contribution in [0.3, 0.4) is 0 Å². The van der Waals surface area contributed by atoms with Crippen molar-refractivity contribution in [1.29, 1.82) is 0 Å². The van der Waals surface area contributed by atoms with E-state index in [2.05, 4.69) is 10.0 Å². The molecule has 3 aromatic carbocycles. The molecule has 0 aromatic heterocycles. The van der Waals surface area contributed by atoms with Gasteiger partial charge in [0.15, 0.2) is 0 Å². The molecule has 1 heterocycles. The van der Waals surface area contributed by atoms with Crippen molar-refractivity contribution in [3.05, 3.63) is 88.4 Å². The second kappa shape index (κ2) is 9.09. The summed E-state index contributed by atoms with van der Waals surface area (Å²) in [5.74, 6) is -0.783. The summed E-state index contributed by atoms with van der Waals surface area (Å²) >= 11 is 7.57. The normalized spacial score (nSPS) is 15.7. The van der Waals surface area contributed by atoms with E-state index < -0.39 is 27.8 Å². The molecule has 2 N–H and O–H groups in total. The molecule has 0 spiro atoms. The number of carbonyl (C=O) groups is 1. The van der Waals surface area contributed by atoms with E-state index in [0.717, 1.165) is 12.1 Å². The molecule has 32 heavy (non-hydrogen) atoms. The van der Waals surface area contributed by atoms with Gasteiger partial charge in [0.05, 0.1) is 21.5 Å². The van der Waals surface area contributed by atoms with E-state index in [-0.39, 0.29) is 27.0 Å². The number of amides is 1. The fraction of sp³-hybridized carbons (Fsp3) is 0.136. The zero-order chi connectivity index (χ0) is 22.9. The summed E-state index contributed by atoms with van der Waals surface area (Å²) in [6.45, 7) is 0. The Morgan fingerprint density at radius 3 is 2.56 bits per heavy atom. The smallest absolute Gasteiger partial charge is 0.261 e. The van der Waals surface area contributed by atoms with Crippen molar-refractivity contribution in [2.45, 2.75) is 22.3 Å². The van der Waals surface area contributed by atoms with Crippen LogP contribution < -0.4 is 10.0 Å². The van der Waals surface area contributed by atoms with Gasteiger partial charge in [0.25, 0.3) is 15.9 Å². The standard InChI is InChI=1S/C22H17ClF2N2O3S2/c23-18-9-8-15(32(29,30)27-14-6-4-13(24)5-7-14)12-17(18)22(28)26-20-10-11-31-21-16(20)2-1-3-19(21)25/h1-9,12,20,27H,10-11H2,(H,26,28). The Balaban J connectivity index is 1.59. The Morgan fingerprint density at radius 1 is 1.06 bits per heavy atom. The summed E-state index contributed by atoms with van der Waals surface area (Å²) in [4.78, 5) is 13.3. The predicted molar refractivity (Wildman–Crippen MR) is 121 cm³/mol. The lowest BCUT2D eigenvalue weighted by molar-refractivity contribution is 0.0934. The number of hydrogen-bond donors (Lipinski definition) is 2. The lowest BCUT2D eigenvalue weighted by Crippen LogP contribution is -2.31. The number of sulfonamides is 1. The van der Waals surface area contributed by atoms with Gasteiger partial charge in [-0.2, -0.15) is 0 Å². The minimum atomic E-state index is -4.05. The molecule has 3 aromatic rings. The first-order chi connectivity index (χ1) is 15.2. The maximum atomic E-state index is 14.1. The third-order valence-corrected chi connectivity index (χ3v) is 7.79. The Kier molecular flexibility index (Phi) is 6.41. The van der Waals surface area contributed by atoms with Crippen LogP contribution in [0.4, 0.5) is 14.5 Å². The molecule has 166 valence electrons. The van der Waals surface area contributed by atoms with E-state index in [0.29, 0.717) is 22.6 Å². The van der Waals surface area contributed by atoms with E-state index in [9.17, 15) is 22.0 Å². The average molecular weight is 495 g/mol. The highest BCUT2D eigenvalue weighted by Gasteiger charge is 2.26. The number of hydrogen-bond acceptors (Lipinski definition) is 4. The molecule has 1 aliphatic rings. The first-order valence-electron chi connectivity index (χ1n) is 9.54. The van der Waals surface area contributed by atoms with Gasteiger partial charge in [-0.25, -0.2) is 17.2 Å². The zero-order valence-electron chi connectivity index (χ0n) is 16.4. The van der Waals surface area contributed by atoms with Crippen molar-refractivity contribution >= 4 is 45.0 Å². The van der Waals surface area contributed by atoms with E-state index in [1.54, 1.807) is 12.1 Å². The Hall–Kier alpha value is -2.62. The number of rotatable bonds is 5. The maximum absolute atomic E-state index is 14.1. The highest BCUT2D eigenvalue weighted by atomic mass is 35.5. The lowest BCUT2D eigenvalue weighted by Gasteiger charge is -2.26. The van der Waals surface area contributed by atoms with Crippen LogP contribution in [0.25, 0.3) is 0 Å². The van der Waals surface area contributed by atoms with Gasteiger partial charge in [-0.05, 0) is 60.5 Å². The van der Waals surface area contributed by atoms with Gasteiger partial charge < -0.3 is 5.32 Å². The van der Waals surface area contributed by atoms with Gasteiger partial charge in [0, 0.05) is 16.3 Å². The van der Waals surface area contributed by atoms with Crippen molar-refractivity contribution in [3.63, 3.8) is 0 Å². The van der Waals surface area contributed by atoms with Gasteiger partial charge in [0.1, 0.15) is 11.6 Å². The summed E-state index contributed by atoms with van der Waals surface area (Å²) in [6.07, 6.45) is 0.592. The highest BCUT2D eigenvalue weighted by Crippen LogP contribution is 2.38. The zero-order valence-corrected chi connectivity index (χ0v) is 18.8. The first kappa shape index (κ1) is 22.6. The molecule has 0 radical (unpaired) electrons. The molecule has 0 bridgehead atoms. The molecular formula is C22H17ClF2N2O3S2. The van der Waals surface area contributed by atoms with Gasteiger partial charge in [-0.1, -0.05) is 23.7 Å². The molecule has 1 aliphatic heterocycles. The van der Waals surface area contributed by atoms with Crippen LogP contribution in [0.1, 0.15) is 28.4 Å². The number of fused-ring (bicyclic) bond motifs is 1. The molecule has 0 saturated heterocycles. The molecular weight excluding hydrogens is 478 g/mol. The second-order valence-corrected chi connectivity index (χ2v) is 10.3. The van der Waals surface area contributed by atoms with Crippen LogP contribution in [-0.4, -0.2) is 20.1 Å². The van der Waals surface area contributed by atoms with E-state index in [1.165, 1.54) is 48.2 Å². The van der Waals surface area contributed by atoms with Crippen molar-refractivity contribution in [3.8, 4) is 0 Å². The molecule has 0 aliphatic carbocycles. The van der Waals surface area contributed by atoms with Crippen molar-refractivity contribution in [2.24, 2.45) is 0 Å². The Morgan fingerprint density at radius 2 is 1.81 bits per heavy atom. The minimum Gasteiger partial charge on any atom is -0.345 e. The molecule has 4 rings (SSSR count). The van der Waals surface area contributed by atoms with E-state index in [1.807, 2.05) is 0 Å². The molecule has 1 unspecified atom stereocenters. The number of halogens is 3. The van der Waals surface area contributed by atoms with Gasteiger partial charge in [-0.15, -0.1) is 11.8 Å². The summed E-state index contributed by atoms with van der Waals surface area (Å²) in [7, 11) is -4.05. The van der Waals surface area contributed by atoms with Crippen LogP contribution in [0.15, 0.2) is 70.5 Å². The third kappa shape index (κ3) is 4.74. The van der Waals surface area contributed by atoms with Crippen LogP contribution in [0.2, 0.25) is 5.02 Å². The minimum absolute atomic E-state index is 0.0233. The first-order valence-corrected chi connectivity index (χ1v) is 12.4. The van der Waals surface area contributed by atoms with Crippen molar-refractivity contribution < 1.29 is 22.0 Å². The largest absolute Gasteiger partial charge is 0.345 e. The predicted octanol–water partition coefficient (Wildman–Crippen LogP) is 5.39. The lowest BCUT2D eigenvalue weighted by atomic mass is 10.0. The topological polar surface area (TPSA) is 75.3 Å². The summed E-state index contributed by atoms with van der Waals surface area (Å²) < 4.78 is 55.0. The van der Waals surface area contributed by atoms with Crippen molar-refractivity contribution in [1.82, 2.24) is 5.32 Å². The summed E-state index contributed by atoms with van der Waals surface area (Å²) in [6, 6.07) is 12.9. The number of carbonyl (C=O) groups excluding carboxylic acids is 1. The fourth-order valence-corrected chi connectivity index (χ4v) is 5.78. The number of anilines is 1. The quantitative estimate of drug-likeness (QED) is 0.499. The summed E-state index contributed by atoms with van der Waals surface area (Å²) in [5.41, 5.74) is 0.822. The van der Waals surface area contributed by atoms with Gasteiger partial charge in [-0.3, -0.25) is 9.52 Å². The number of thioether (sulfide) groups is 1. The van der Waals surface area contributed by atoms with Crippen LogP contribution in [-0.2, 0) is 10.0 Å². The number of nitrogens with one attached hydrogen (secondary N) is 2. The molecule has 1 amide bonds. The maximum Gasteiger partial charge on any atom is 0.261 e. The Bertz CT molecular complexity index is 1280. The third-order valence-electron chi connectivity index (χ3n) is 4.92. The van der Waals surface area contributed by atoms with Gasteiger partial charge in [0.2, 0.25) is 0 Å². The molecule has 0 saturated carbocycles. The van der Waals surface area contributed by atoms with Crippen LogP contribution in [0, 0.1) is 11.6 Å². The molecule has 1 atom stereocenters. The van der Waals surface area contributed by atoms with Crippen molar-refractivity contribution in [2.75, 3.05) is 10.5 Å². The van der Waals surface area contributed by atoms with Crippen LogP contribution >= 0.6 is 23.4 Å². The molecule has 0 fully saturated rings. The Labute approximate surface area is 193 Å². The molecule has 5 nitrogen and oxygen atoms in total.